The fourth-order valence-electron chi connectivity index (χ4n) is 2.29. The molecule has 2 aromatic rings. The van der Waals surface area contributed by atoms with Gasteiger partial charge >= 0.3 is 0 Å². The molecule has 7 nitrogen and oxygen atoms in total. The Morgan fingerprint density at radius 2 is 2.23 bits per heavy atom. The van der Waals surface area contributed by atoms with Crippen molar-refractivity contribution in [2.24, 2.45) is 5.92 Å². The molecule has 1 amide bonds. The van der Waals surface area contributed by atoms with E-state index >= 15 is 0 Å². The number of aromatic nitrogens is 3. The second-order valence-electron chi connectivity index (χ2n) is 5.28. The van der Waals surface area contributed by atoms with E-state index in [1.165, 1.54) is 0 Å². The number of nitrogens with one attached hydrogen (secondary N) is 1. The lowest BCUT2D eigenvalue weighted by Gasteiger charge is -2.08. The van der Waals surface area contributed by atoms with Crippen LogP contribution in [-0.2, 0) is 16.0 Å². The Labute approximate surface area is 128 Å². The predicted molar refractivity (Wildman–Crippen MR) is 77.8 cm³/mol. The highest BCUT2D eigenvalue weighted by Crippen LogP contribution is 2.14. The van der Waals surface area contributed by atoms with Gasteiger partial charge in [0, 0.05) is 49.9 Å². The number of amides is 1. The van der Waals surface area contributed by atoms with Crippen molar-refractivity contribution in [3.8, 4) is 11.4 Å². The SMILES string of the molecule is O=C(CCc1nc(-c2ccncc2)no1)NCC1CCOC1. The van der Waals surface area contributed by atoms with E-state index in [1.54, 1.807) is 12.4 Å². The molecule has 1 aliphatic heterocycles. The lowest BCUT2D eigenvalue weighted by molar-refractivity contribution is -0.121. The summed E-state index contributed by atoms with van der Waals surface area (Å²) in [6.07, 6.45) is 5.13. The molecule has 0 radical (unpaired) electrons. The molecule has 0 aromatic carbocycles. The Kier molecular flexibility index (Phi) is 4.75. The molecule has 0 aliphatic carbocycles. The summed E-state index contributed by atoms with van der Waals surface area (Å²) in [6.45, 7) is 2.20. The summed E-state index contributed by atoms with van der Waals surface area (Å²) in [5.74, 6) is 1.41. The molecular weight excluding hydrogens is 284 g/mol. The minimum Gasteiger partial charge on any atom is -0.381 e. The summed E-state index contributed by atoms with van der Waals surface area (Å²) in [4.78, 5) is 20.0. The summed E-state index contributed by atoms with van der Waals surface area (Å²) in [5.41, 5.74) is 0.843. The molecule has 1 unspecified atom stereocenters. The van der Waals surface area contributed by atoms with Gasteiger partial charge in [-0.25, -0.2) is 0 Å². The third kappa shape index (κ3) is 3.88. The molecule has 3 heterocycles. The van der Waals surface area contributed by atoms with Gasteiger partial charge in [-0.1, -0.05) is 5.16 Å². The monoisotopic (exact) mass is 302 g/mol. The summed E-state index contributed by atoms with van der Waals surface area (Å²) in [5, 5.41) is 6.83. The normalized spacial score (nSPS) is 17.5. The van der Waals surface area contributed by atoms with Gasteiger partial charge in [-0.15, -0.1) is 0 Å². The van der Waals surface area contributed by atoms with Gasteiger partial charge in [0.15, 0.2) is 0 Å². The van der Waals surface area contributed by atoms with Gasteiger partial charge in [-0.05, 0) is 18.6 Å². The fraction of sp³-hybridized carbons (Fsp3) is 0.467. The quantitative estimate of drug-likeness (QED) is 0.862. The van der Waals surface area contributed by atoms with Crippen molar-refractivity contribution < 1.29 is 14.1 Å². The van der Waals surface area contributed by atoms with E-state index in [0.717, 1.165) is 25.2 Å². The number of carbonyl (C=O) groups excluding carboxylic acids is 1. The van der Waals surface area contributed by atoms with E-state index in [9.17, 15) is 4.79 Å². The van der Waals surface area contributed by atoms with Crippen LogP contribution in [0.1, 0.15) is 18.7 Å². The largest absolute Gasteiger partial charge is 0.381 e. The first-order valence-corrected chi connectivity index (χ1v) is 7.38. The van der Waals surface area contributed by atoms with Gasteiger partial charge in [-0.2, -0.15) is 4.98 Å². The molecule has 0 spiro atoms. The number of carbonyl (C=O) groups is 1. The molecule has 2 aromatic heterocycles. The zero-order valence-electron chi connectivity index (χ0n) is 12.2. The van der Waals surface area contributed by atoms with Gasteiger partial charge < -0.3 is 14.6 Å². The average Bonchev–Trinajstić information content (AvgIpc) is 3.23. The summed E-state index contributed by atoms with van der Waals surface area (Å²) in [7, 11) is 0. The van der Waals surface area contributed by atoms with E-state index in [1.807, 2.05) is 12.1 Å². The van der Waals surface area contributed by atoms with Crippen LogP contribution in [0.5, 0.6) is 0 Å². The zero-order valence-corrected chi connectivity index (χ0v) is 12.2. The average molecular weight is 302 g/mol. The maximum Gasteiger partial charge on any atom is 0.227 e. The van der Waals surface area contributed by atoms with Crippen LogP contribution in [0.25, 0.3) is 11.4 Å². The molecule has 7 heteroatoms. The Bertz CT molecular complexity index is 608. The van der Waals surface area contributed by atoms with Gasteiger partial charge in [0.05, 0.1) is 6.61 Å². The summed E-state index contributed by atoms with van der Waals surface area (Å²) in [6, 6.07) is 3.62. The van der Waals surface area contributed by atoms with Crippen LogP contribution < -0.4 is 5.32 Å². The topological polar surface area (TPSA) is 90.1 Å². The first-order valence-electron chi connectivity index (χ1n) is 7.38. The molecule has 1 aliphatic rings. The summed E-state index contributed by atoms with van der Waals surface area (Å²) < 4.78 is 10.4. The second-order valence-corrected chi connectivity index (χ2v) is 5.28. The standard InChI is InChI=1S/C15H18N4O3/c20-13(17-9-11-5-8-21-10-11)1-2-14-18-15(19-22-14)12-3-6-16-7-4-12/h3-4,6-7,11H,1-2,5,8-10H2,(H,17,20). The highest BCUT2D eigenvalue weighted by molar-refractivity contribution is 5.76. The molecule has 0 bridgehead atoms. The van der Waals surface area contributed by atoms with Crippen LogP contribution in [0.2, 0.25) is 0 Å². The molecule has 1 saturated heterocycles. The van der Waals surface area contributed by atoms with E-state index in [2.05, 4.69) is 20.4 Å². The molecule has 22 heavy (non-hydrogen) atoms. The van der Waals surface area contributed by atoms with Crippen molar-refractivity contribution in [2.45, 2.75) is 19.3 Å². The number of nitrogens with zero attached hydrogens (tertiary/aromatic N) is 3. The number of rotatable bonds is 6. The van der Waals surface area contributed by atoms with Crippen LogP contribution in [0.4, 0.5) is 0 Å². The number of ether oxygens (including phenoxy) is 1. The van der Waals surface area contributed by atoms with Crippen molar-refractivity contribution in [1.82, 2.24) is 20.4 Å². The van der Waals surface area contributed by atoms with Crippen LogP contribution in [0, 0.1) is 5.92 Å². The molecule has 116 valence electrons. The van der Waals surface area contributed by atoms with Gasteiger partial charge in [0.2, 0.25) is 17.6 Å². The second kappa shape index (κ2) is 7.13. The lowest BCUT2D eigenvalue weighted by atomic mass is 10.1. The Morgan fingerprint density at radius 1 is 1.36 bits per heavy atom. The van der Waals surface area contributed by atoms with Crippen LogP contribution in [0.15, 0.2) is 29.0 Å². The minimum atomic E-state index is -0.00411. The maximum absolute atomic E-state index is 11.8. The van der Waals surface area contributed by atoms with Crippen molar-refractivity contribution in [2.75, 3.05) is 19.8 Å². The summed E-state index contributed by atoms with van der Waals surface area (Å²) >= 11 is 0. The molecule has 0 saturated carbocycles. The number of hydrogen-bond donors (Lipinski definition) is 1. The van der Waals surface area contributed by atoms with Crippen LogP contribution in [0.3, 0.4) is 0 Å². The van der Waals surface area contributed by atoms with Gasteiger partial charge in [0.25, 0.3) is 0 Å². The molecule has 1 atom stereocenters. The van der Waals surface area contributed by atoms with Crippen molar-refractivity contribution in [3.05, 3.63) is 30.4 Å². The Balaban J connectivity index is 1.45. The van der Waals surface area contributed by atoms with Gasteiger partial charge in [-0.3, -0.25) is 9.78 Å². The third-order valence-electron chi connectivity index (χ3n) is 3.58. The molecule has 3 rings (SSSR count). The zero-order chi connectivity index (χ0) is 15.2. The van der Waals surface area contributed by atoms with E-state index in [0.29, 0.717) is 37.0 Å². The number of aryl methyl sites for hydroxylation is 1. The maximum atomic E-state index is 11.8. The Morgan fingerprint density at radius 3 is 3.00 bits per heavy atom. The van der Waals surface area contributed by atoms with E-state index in [-0.39, 0.29) is 5.91 Å². The first kappa shape index (κ1) is 14.6. The van der Waals surface area contributed by atoms with Crippen LogP contribution >= 0.6 is 0 Å². The number of pyridine rings is 1. The van der Waals surface area contributed by atoms with Crippen molar-refractivity contribution >= 4 is 5.91 Å². The third-order valence-corrected chi connectivity index (χ3v) is 3.58. The number of hydrogen-bond acceptors (Lipinski definition) is 6. The fourth-order valence-corrected chi connectivity index (χ4v) is 2.29. The molecule has 1 N–H and O–H groups in total. The van der Waals surface area contributed by atoms with Crippen LogP contribution in [-0.4, -0.2) is 40.8 Å². The lowest BCUT2D eigenvalue weighted by Crippen LogP contribution is -2.29. The molecular formula is C15H18N4O3. The predicted octanol–water partition coefficient (Wildman–Crippen LogP) is 1.22. The minimum absolute atomic E-state index is 0.00411. The molecule has 1 fully saturated rings. The van der Waals surface area contributed by atoms with E-state index in [4.69, 9.17) is 9.26 Å². The highest BCUT2D eigenvalue weighted by atomic mass is 16.5. The van der Waals surface area contributed by atoms with Crippen molar-refractivity contribution in [1.29, 1.82) is 0 Å². The Hall–Kier alpha value is -2.28. The van der Waals surface area contributed by atoms with Crippen molar-refractivity contribution in [3.63, 3.8) is 0 Å². The first-order chi connectivity index (χ1) is 10.8. The smallest absolute Gasteiger partial charge is 0.227 e. The highest BCUT2D eigenvalue weighted by Gasteiger charge is 2.16. The van der Waals surface area contributed by atoms with Gasteiger partial charge in [0.1, 0.15) is 0 Å². The van der Waals surface area contributed by atoms with E-state index < -0.39 is 0 Å².